The Bertz CT molecular complexity index is 513. The molecule has 114 valence electrons. The Morgan fingerprint density at radius 1 is 1.19 bits per heavy atom. The molecule has 1 aromatic rings. The number of amides is 1. The zero-order valence-electron chi connectivity index (χ0n) is 12.1. The fourth-order valence-electron chi connectivity index (χ4n) is 2.72. The van der Waals surface area contributed by atoms with Gasteiger partial charge in [0.15, 0.2) is 11.5 Å². The first-order chi connectivity index (χ1) is 10.3. The van der Waals surface area contributed by atoms with Crippen LogP contribution in [-0.4, -0.2) is 48.3 Å². The van der Waals surface area contributed by atoms with Gasteiger partial charge in [0.05, 0.1) is 19.8 Å². The lowest BCUT2D eigenvalue weighted by Crippen LogP contribution is -2.45. The van der Waals surface area contributed by atoms with E-state index < -0.39 is 0 Å². The molecule has 1 aliphatic heterocycles. The zero-order chi connectivity index (χ0) is 14.7. The van der Waals surface area contributed by atoms with Gasteiger partial charge in [-0.3, -0.25) is 4.79 Å². The Hall–Kier alpha value is -1.75. The molecule has 0 bridgehead atoms. The van der Waals surface area contributed by atoms with Crippen LogP contribution in [0.1, 0.15) is 36.0 Å². The fourth-order valence-corrected chi connectivity index (χ4v) is 2.72. The monoisotopic (exact) mass is 291 g/mol. The Kier molecular flexibility index (Phi) is 4.29. The summed E-state index contributed by atoms with van der Waals surface area (Å²) >= 11 is 0. The lowest BCUT2D eigenvalue weighted by molar-refractivity contribution is 0.0525. The number of rotatable bonds is 4. The smallest absolute Gasteiger partial charge is 0.254 e. The second-order valence-electron chi connectivity index (χ2n) is 5.52. The molecule has 1 heterocycles. The molecule has 0 atom stereocenters. The van der Waals surface area contributed by atoms with Crippen LogP contribution in [0.3, 0.4) is 0 Å². The van der Waals surface area contributed by atoms with E-state index in [1.54, 1.807) is 23.1 Å². The highest BCUT2D eigenvalue weighted by atomic mass is 16.5. The minimum atomic E-state index is -0.0376. The van der Waals surface area contributed by atoms with Crippen LogP contribution in [0.2, 0.25) is 0 Å². The molecule has 1 fully saturated rings. The SMILES string of the molecule is O=C(c1ccc2c(c1)OCCCO2)N(CCO)C1CCC1. The van der Waals surface area contributed by atoms with Gasteiger partial charge in [-0.25, -0.2) is 0 Å². The third-order valence-electron chi connectivity index (χ3n) is 4.11. The highest BCUT2D eigenvalue weighted by Gasteiger charge is 2.29. The molecule has 21 heavy (non-hydrogen) atoms. The Labute approximate surface area is 124 Å². The molecule has 1 aliphatic carbocycles. The Balaban J connectivity index is 1.81. The lowest BCUT2D eigenvalue weighted by Gasteiger charge is -2.37. The van der Waals surface area contributed by atoms with Crippen molar-refractivity contribution in [1.29, 1.82) is 0 Å². The minimum Gasteiger partial charge on any atom is -0.490 e. The van der Waals surface area contributed by atoms with Crippen LogP contribution < -0.4 is 9.47 Å². The van der Waals surface area contributed by atoms with Crippen molar-refractivity contribution in [3.05, 3.63) is 23.8 Å². The number of fused-ring (bicyclic) bond motifs is 1. The van der Waals surface area contributed by atoms with E-state index in [0.29, 0.717) is 36.8 Å². The van der Waals surface area contributed by atoms with Crippen LogP contribution in [0, 0.1) is 0 Å². The number of carbonyl (C=O) groups excluding carboxylic acids is 1. The summed E-state index contributed by atoms with van der Waals surface area (Å²) in [6.45, 7) is 1.62. The topological polar surface area (TPSA) is 59.0 Å². The molecule has 0 unspecified atom stereocenters. The minimum absolute atomic E-state index is 0.00715. The maximum Gasteiger partial charge on any atom is 0.254 e. The van der Waals surface area contributed by atoms with Gasteiger partial charge in [0.25, 0.3) is 5.91 Å². The number of carbonyl (C=O) groups is 1. The van der Waals surface area contributed by atoms with Crippen molar-refractivity contribution in [1.82, 2.24) is 4.90 Å². The molecule has 0 spiro atoms. The molecule has 2 aliphatic rings. The third kappa shape index (κ3) is 2.97. The number of ether oxygens (including phenoxy) is 2. The van der Waals surface area contributed by atoms with Crippen molar-refractivity contribution in [2.24, 2.45) is 0 Å². The van der Waals surface area contributed by atoms with Crippen molar-refractivity contribution in [3.63, 3.8) is 0 Å². The summed E-state index contributed by atoms with van der Waals surface area (Å²) in [6.07, 6.45) is 4.05. The van der Waals surface area contributed by atoms with Gasteiger partial charge in [0.2, 0.25) is 0 Å². The molecule has 5 nitrogen and oxygen atoms in total. The van der Waals surface area contributed by atoms with Crippen molar-refractivity contribution < 1.29 is 19.4 Å². The van der Waals surface area contributed by atoms with Crippen LogP contribution in [0.4, 0.5) is 0 Å². The molecule has 5 heteroatoms. The first-order valence-electron chi connectivity index (χ1n) is 7.61. The summed E-state index contributed by atoms with van der Waals surface area (Å²) in [5, 5.41) is 9.19. The maximum absolute atomic E-state index is 12.7. The number of hydrogen-bond donors (Lipinski definition) is 1. The van der Waals surface area contributed by atoms with E-state index in [9.17, 15) is 9.90 Å². The van der Waals surface area contributed by atoms with E-state index in [2.05, 4.69) is 0 Å². The number of benzene rings is 1. The summed E-state index contributed by atoms with van der Waals surface area (Å²) in [5.74, 6) is 1.29. The Morgan fingerprint density at radius 2 is 1.95 bits per heavy atom. The molecule has 0 aromatic heterocycles. The summed E-state index contributed by atoms with van der Waals surface area (Å²) < 4.78 is 11.2. The van der Waals surface area contributed by atoms with Crippen LogP contribution in [0.15, 0.2) is 18.2 Å². The van der Waals surface area contributed by atoms with Crippen molar-refractivity contribution >= 4 is 5.91 Å². The van der Waals surface area contributed by atoms with Crippen LogP contribution >= 0.6 is 0 Å². The summed E-state index contributed by atoms with van der Waals surface area (Å²) in [7, 11) is 0. The number of hydrogen-bond acceptors (Lipinski definition) is 4. The largest absolute Gasteiger partial charge is 0.490 e. The van der Waals surface area contributed by atoms with E-state index in [1.165, 1.54) is 0 Å². The standard InChI is InChI=1S/C16H21NO4/c18-8-7-17(13-3-1-4-13)16(19)12-5-6-14-15(11-12)21-10-2-9-20-14/h5-6,11,13,18H,1-4,7-10H2. The highest BCUT2D eigenvalue weighted by Crippen LogP contribution is 2.32. The van der Waals surface area contributed by atoms with Crippen molar-refractivity contribution in [2.45, 2.75) is 31.7 Å². The molecule has 1 N–H and O–H groups in total. The zero-order valence-corrected chi connectivity index (χ0v) is 12.1. The van der Waals surface area contributed by atoms with Gasteiger partial charge in [0, 0.05) is 24.6 Å². The van der Waals surface area contributed by atoms with Crippen molar-refractivity contribution in [3.8, 4) is 11.5 Å². The number of aliphatic hydroxyl groups excluding tert-OH is 1. The molecule has 1 saturated carbocycles. The van der Waals surface area contributed by atoms with E-state index in [0.717, 1.165) is 25.7 Å². The van der Waals surface area contributed by atoms with E-state index >= 15 is 0 Å². The van der Waals surface area contributed by atoms with Gasteiger partial charge in [0.1, 0.15) is 0 Å². The highest BCUT2D eigenvalue weighted by molar-refractivity contribution is 5.95. The lowest BCUT2D eigenvalue weighted by atomic mass is 9.91. The molecular formula is C16H21NO4. The normalized spacial score (nSPS) is 17.8. The molecular weight excluding hydrogens is 270 g/mol. The van der Waals surface area contributed by atoms with Crippen LogP contribution in [0.5, 0.6) is 11.5 Å². The average Bonchev–Trinajstić information content (AvgIpc) is 2.68. The fraction of sp³-hybridized carbons (Fsp3) is 0.562. The van der Waals surface area contributed by atoms with E-state index in [-0.39, 0.29) is 18.6 Å². The predicted octanol–water partition coefficient (Wildman–Crippen LogP) is 1.83. The van der Waals surface area contributed by atoms with Gasteiger partial charge >= 0.3 is 0 Å². The maximum atomic E-state index is 12.7. The predicted molar refractivity (Wildman–Crippen MR) is 77.8 cm³/mol. The van der Waals surface area contributed by atoms with Gasteiger partial charge < -0.3 is 19.5 Å². The molecule has 3 rings (SSSR count). The van der Waals surface area contributed by atoms with E-state index in [4.69, 9.17) is 9.47 Å². The van der Waals surface area contributed by atoms with Crippen molar-refractivity contribution in [2.75, 3.05) is 26.4 Å². The summed E-state index contributed by atoms with van der Waals surface area (Å²) in [6, 6.07) is 5.59. The molecule has 1 amide bonds. The number of nitrogens with zero attached hydrogens (tertiary/aromatic N) is 1. The van der Waals surface area contributed by atoms with Gasteiger partial charge in [-0.05, 0) is 37.5 Å². The Morgan fingerprint density at radius 3 is 2.62 bits per heavy atom. The molecule has 1 aromatic carbocycles. The van der Waals surface area contributed by atoms with Gasteiger partial charge in [-0.2, -0.15) is 0 Å². The van der Waals surface area contributed by atoms with Gasteiger partial charge in [-0.1, -0.05) is 0 Å². The first-order valence-corrected chi connectivity index (χ1v) is 7.61. The summed E-state index contributed by atoms with van der Waals surface area (Å²) in [5.41, 5.74) is 0.597. The van der Waals surface area contributed by atoms with Crippen LogP contribution in [0.25, 0.3) is 0 Å². The molecule has 0 radical (unpaired) electrons. The second kappa shape index (κ2) is 6.35. The average molecular weight is 291 g/mol. The molecule has 0 saturated heterocycles. The second-order valence-corrected chi connectivity index (χ2v) is 5.52. The quantitative estimate of drug-likeness (QED) is 0.919. The third-order valence-corrected chi connectivity index (χ3v) is 4.11. The first kappa shape index (κ1) is 14.2. The van der Waals surface area contributed by atoms with Crippen LogP contribution in [-0.2, 0) is 0 Å². The summed E-state index contributed by atoms with van der Waals surface area (Å²) in [4.78, 5) is 14.4. The van der Waals surface area contributed by atoms with Gasteiger partial charge in [-0.15, -0.1) is 0 Å². The number of aliphatic hydroxyl groups is 1. The van der Waals surface area contributed by atoms with E-state index in [1.807, 2.05) is 0 Å².